The Kier molecular flexibility index (Phi) is 3.82. The molecule has 0 aromatic heterocycles. The first-order chi connectivity index (χ1) is 7.37. The number of carbonyl (C=O) groups excluding carboxylic acids is 1. The van der Waals surface area contributed by atoms with Gasteiger partial charge in [0.2, 0.25) is 0 Å². The van der Waals surface area contributed by atoms with Gasteiger partial charge >= 0.3 is 5.97 Å². The van der Waals surface area contributed by atoms with Crippen LogP contribution in [0.5, 0.6) is 0 Å². The minimum atomic E-state index is -0.476. The fourth-order valence-corrected chi connectivity index (χ4v) is 1.09. The van der Waals surface area contributed by atoms with E-state index >= 15 is 0 Å². The van der Waals surface area contributed by atoms with Gasteiger partial charge in [0, 0.05) is 0 Å². The second kappa shape index (κ2) is 4.92. The van der Waals surface area contributed by atoms with Gasteiger partial charge in [-0.25, -0.2) is 9.79 Å². The van der Waals surface area contributed by atoms with Gasteiger partial charge in [0.25, 0.3) is 0 Å². The number of carbonyl (C=O) groups is 1. The van der Waals surface area contributed by atoms with Gasteiger partial charge in [-0.15, -0.1) is 0 Å². The van der Waals surface area contributed by atoms with Gasteiger partial charge in [-0.3, -0.25) is 0 Å². The molecule has 3 heteroatoms. The zero-order chi connectivity index (χ0) is 12.2. The van der Waals surface area contributed by atoms with E-state index in [4.69, 9.17) is 4.74 Å². The first-order valence-electron chi connectivity index (χ1n) is 5.20. The fraction of sp³-hybridized carbons (Fsp3) is 0.385. The monoisotopic (exact) mass is 219 g/mol. The van der Waals surface area contributed by atoms with Crippen LogP contribution in [-0.2, 0) is 9.53 Å². The Labute approximate surface area is 96.2 Å². The lowest BCUT2D eigenvalue weighted by atomic mass is 10.2. The van der Waals surface area contributed by atoms with Crippen molar-refractivity contribution in [1.82, 2.24) is 0 Å². The van der Waals surface area contributed by atoms with Gasteiger partial charge in [0.1, 0.15) is 11.8 Å². The Bertz CT molecular complexity index is 385. The summed E-state index contributed by atoms with van der Waals surface area (Å²) in [4.78, 5) is 15.4. The van der Waals surface area contributed by atoms with Crippen LogP contribution in [0.1, 0.15) is 26.3 Å². The average molecular weight is 219 g/mol. The maximum Gasteiger partial charge on any atom is 0.349 e. The number of nitrogens with zero attached hydrogens (tertiary/aromatic N) is 1. The van der Waals surface area contributed by atoms with E-state index < -0.39 is 11.6 Å². The zero-order valence-corrected chi connectivity index (χ0v) is 10.2. The van der Waals surface area contributed by atoms with E-state index in [1.54, 1.807) is 0 Å². The lowest BCUT2D eigenvalue weighted by Gasteiger charge is -2.17. The highest BCUT2D eigenvalue weighted by Gasteiger charge is 2.14. The van der Waals surface area contributed by atoms with Gasteiger partial charge in [0.05, 0.1) is 5.69 Å². The molecule has 0 saturated heterocycles. The molecule has 1 aromatic rings. The molecule has 0 fully saturated rings. The summed E-state index contributed by atoms with van der Waals surface area (Å²) in [6, 6.07) is 7.61. The molecule has 0 heterocycles. The molecule has 0 unspecified atom stereocenters. The normalized spacial score (nSPS) is 11.8. The third kappa shape index (κ3) is 4.73. The molecule has 16 heavy (non-hydrogen) atoms. The Morgan fingerprint density at radius 2 is 1.81 bits per heavy atom. The van der Waals surface area contributed by atoms with E-state index in [1.807, 2.05) is 52.0 Å². The summed E-state index contributed by atoms with van der Waals surface area (Å²) < 4.78 is 5.09. The van der Waals surface area contributed by atoms with Gasteiger partial charge in [-0.05, 0) is 39.8 Å². The van der Waals surface area contributed by atoms with Gasteiger partial charge < -0.3 is 4.74 Å². The molecule has 0 aliphatic rings. The number of hydrogen-bond acceptors (Lipinski definition) is 3. The molecule has 0 radical (unpaired) electrons. The maximum atomic E-state index is 11.3. The Balaban J connectivity index is 2.60. The number of hydrogen-bond donors (Lipinski definition) is 0. The molecular formula is C13H17NO2. The van der Waals surface area contributed by atoms with Gasteiger partial charge in [-0.1, -0.05) is 17.7 Å². The molecule has 0 aliphatic heterocycles. The summed E-state index contributed by atoms with van der Waals surface area (Å²) in [6.07, 6.45) is 1.20. The van der Waals surface area contributed by atoms with Crippen LogP contribution in [-0.4, -0.2) is 17.8 Å². The summed E-state index contributed by atoms with van der Waals surface area (Å²) in [5.74, 6) is -0.423. The van der Waals surface area contributed by atoms with E-state index in [9.17, 15) is 4.79 Å². The van der Waals surface area contributed by atoms with E-state index in [-0.39, 0.29) is 0 Å². The van der Waals surface area contributed by atoms with Crippen LogP contribution in [0.4, 0.5) is 5.69 Å². The van der Waals surface area contributed by atoms with Crippen LogP contribution >= 0.6 is 0 Å². The van der Waals surface area contributed by atoms with Crippen molar-refractivity contribution >= 4 is 17.9 Å². The van der Waals surface area contributed by atoms with Crippen molar-refractivity contribution in [1.29, 1.82) is 0 Å². The third-order valence-corrected chi connectivity index (χ3v) is 1.76. The van der Waals surface area contributed by atoms with Crippen molar-refractivity contribution in [2.24, 2.45) is 4.99 Å². The van der Waals surface area contributed by atoms with Crippen molar-refractivity contribution < 1.29 is 9.53 Å². The number of rotatable bonds is 2. The SMILES string of the molecule is Cc1ccc(N=CC(=O)OC(C)(C)C)cc1. The van der Waals surface area contributed by atoms with Crippen LogP contribution in [0.25, 0.3) is 0 Å². The molecule has 1 rings (SSSR count). The standard InChI is InChI=1S/C13H17NO2/c1-10-5-7-11(8-6-10)14-9-12(15)16-13(2,3)4/h5-9H,1-4H3. The highest BCUT2D eigenvalue weighted by atomic mass is 16.6. The highest BCUT2D eigenvalue weighted by Crippen LogP contribution is 2.12. The van der Waals surface area contributed by atoms with E-state index in [2.05, 4.69) is 4.99 Å². The lowest BCUT2D eigenvalue weighted by molar-refractivity contribution is -0.145. The van der Waals surface area contributed by atoms with Crippen molar-refractivity contribution in [2.45, 2.75) is 33.3 Å². The summed E-state index contributed by atoms with van der Waals surface area (Å²) in [5, 5.41) is 0. The number of aliphatic imine (C=N–C) groups is 1. The molecule has 0 bridgehead atoms. The van der Waals surface area contributed by atoms with Gasteiger partial charge in [-0.2, -0.15) is 0 Å². The summed E-state index contributed by atoms with van der Waals surface area (Å²) >= 11 is 0. The fourth-order valence-electron chi connectivity index (χ4n) is 1.09. The van der Waals surface area contributed by atoms with Crippen LogP contribution in [0.3, 0.4) is 0 Å². The highest BCUT2D eigenvalue weighted by molar-refractivity contribution is 6.23. The molecule has 0 saturated carbocycles. The van der Waals surface area contributed by atoms with Crippen LogP contribution in [0, 0.1) is 6.92 Å². The average Bonchev–Trinajstić information content (AvgIpc) is 2.14. The zero-order valence-electron chi connectivity index (χ0n) is 10.2. The first kappa shape index (κ1) is 12.4. The van der Waals surface area contributed by atoms with Crippen LogP contribution in [0.2, 0.25) is 0 Å². The molecule has 86 valence electrons. The second-order valence-electron chi connectivity index (χ2n) is 4.63. The van der Waals surface area contributed by atoms with Crippen LogP contribution in [0.15, 0.2) is 29.3 Å². The van der Waals surface area contributed by atoms with E-state index in [0.29, 0.717) is 0 Å². The topological polar surface area (TPSA) is 38.7 Å². The van der Waals surface area contributed by atoms with Crippen molar-refractivity contribution in [3.63, 3.8) is 0 Å². The number of ether oxygens (including phenoxy) is 1. The molecule has 0 atom stereocenters. The van der Waals surface area contributed by atoms with Crippen molar-refractivity contribution in [2.75, 3.05) is 0 Å². The smallest absolute Gasteiger partial charge is 0.349 e. The number of esters is 1. The maximum absolute atomic E-state index is 11.3. The Morgan fingerprint density at radius 3 is 2.31 bits per heavy atom. The predicted molar refractivity (Wildman–Crippen MR) is 65.2 cm³/mol. The van der Waals surface area contributed by atoms with Crippen molar-refractivity contribution in [3.05, 3.63) is 29.8 Å². The van der Waals surface area contributed by atoms with Gasteiger partial charge in [0.15, 0.2) is 0 Å². The molecule has 1 aromatic carbocycles. The molecule has 0 spiro atoms. The number of aryl methyl sites for hydroxylation is 1. The second-order valence-corrected chi connectivity index (χ2v) is 4.63. The first-order valence-corrected chi connectivity index (χ1v) is 5.20. The number of benzene rings is 1. The molecule has 0 N–H and O–H groups in total. The van der Waals surface area contributed by atoms with E-state index in [0.717, 1.165) is 11.3 Å². The summed E-state index contributed by atoms with van der Waals surface area (Å²) in [5.41, 5.74) is 1.43. The molecule has 3 nitrogen and oxygen atoms in total. The third-order valence-electron chi connectivity index (χ3n) is 1.76. The summed E-state index contributed by atoms with van der Waals surface area (Å²) in [7, 11) is 0. The molecular weight excluding hydrogens is 202 g/mol. The molecule has 0 aliphatic carbocycles. The minimum Gasteiger partial charge on any atom is -0.456 e. The van der Waals surface area contributed by atoms with Crippen molar-refractivity contribution in [3.8, 4) is 0 Å². The summed E-state index contributed by atoms with van der Waals surface area (Å²) in [6.45, 7) is 7.47. The largest absolute Gasteiger partial charge is 0.456 e. The van der Waals surface area contributed by atoms with E-state index in [1.165, 1.54) is 6.21 Å². The lowest BCUT2D eigenvalue weighted by Crippen LogP contribution is -2.24. The Hall–Kier alpha value is -1.64. The predicted octanol–water partition coefficient (Wildman–Crippen LogP) is 3.04. The molecule has 0 amide bonds. The quantitative estimate of drug-likeness (QED) is 0.566. The Morgan fingerprint density at radius 1 is 1.25 bits per heavy atom. The minimum absolute atomic E-state index is 0.423. The van der Waals surface area contributed by atoms with Crippen LogP contribution < -0.4 is 0 Å².